The van der Waals surface area contributed by atoms with Crippen LogP contribution in [0.5, 0.6) is 5.75 Å². The van der Waals surface area contributed by atoms with Crippen molar-refractivity contribution in [2.75, 3.05) is 14.2 Å². The number of Topliss-reactive ketones (excluding diaryl/α,β-unsaturated/α-hetero) is 1. The quantitative estimate of drug-likeness (QED) is 0.503. The van der Waals surface area contributed by atoms with Gasteiger partial charge in [-0.15, -0.1) is 12.6 Å². The molecule has 1 aromatic carbocycles. The number of hydrogen-bond donors (Lipinski definition) is 1. The van der Waals surface area contributed by atoms with Crippen LogP contribution in [0.15, 0.2) is 23.1 Å². The lowest BCUT2D eigenvalue weighted by atomic mass is 9.95. The summed E-state index contributed by atoms with van der Waals surface area (Å²) in [5, 5.41) is 0. The predicted octanol–water partition coefficient (Wildman–Crippen LogP) is 1.90. The van der Waals surface area contributed by atoms with Crippen molar-refractivity contribution in [1.29, 1.82) is 0 Å². The molecule has 1 aromatic rings. The summed E-state index contributed by atoms with van der Waals surface area (Å²) in [6, 6.07) is 5.32. The van der Waals surface area contributed by atoms with E-state index in [2.05, 4.69) is 17.4 Å². The fourth-order valence-corrected chi connectivity index (χ4v) is 1.85. The number of carbonyl (C=O) groups is 2. The van der Waals surface area contributed by atoms with Gasteiger partial charge in [0.25, 0.3) is 0 Å². The molecule has 0 heterocycles. The van der Waals surface area contributed by atoms with E-state index < -0.39 is 11.9 Å². The number of rotatable bonds is 5. The summed E-state index contributed by atoms with van der Waals surface area (Å²) < 4.78 is 9.84. The van der Waals surface area contributed by atoms with E-state index in [1.165, 1.54) is 21.1 Å². The van der Waals surface area contributed by atoms with Gasteiger partial charge >= 0.3 is 5.97 Å². The third-order valence-electron chi connectivity index (χ3n) is 2.67. The Hall–Kier alpha value is -1.49. The zero-order valence-electron chi connectivity index (χ0n) is 10.6. The molecule has 0 bridgehead atoms. The second-order valence-electron chi connectivity index (χ2n) is 3.89. The smallest absolute Gasteiger partial charge is 0.316 e. The normalized spacial score (nSPS) is 11.8. The molecular formula is C13H16O4S. The van der Waals surface area contributed by atoms with Gasteiger partial charge in [-0.3, -0.25) is 9.59 Å². The number of ether oxygens (including phenoxy) is 2. The molecule has 18 heavy (non-hydrogen) atoms. The number of benzene rings is 1. The van der Waals surface area contributed by atoms with Crippen molar-refractivity contribution in [3.8, 4) is 5.75 Å². The van der Waals surface area contributed by atoms with Crippen LogP contribution >= 0.6 is 12.6 Å². The number of carbonyl (C=O) groups excluding carboxylic acids is 2. The molecule has 0 saturated carbocycles. The van der Waals surface area contributed by atoms with E-state index in [9.17, 15) is 9.59 Å². The van der Waals surface area contributed by atoms with E-state index in [4.69, 9.17) is 4.74 Å². The Morgan fingerprint density at radius 1 is 1.33 bits per heavy atom. The summed E-state index contributed by atoms with van der Waals surface area (Å²) in [4.78, 5) is 23.7. The van der Waals surface area contributed by atoms with Crippen molar-refractivity contribution in [2.24, 2.45) is 5.92 Å². The molecule has 0 fully saturated rings. The van der Waals surface area contributed by atoms with Crippen LogP contribution in [0, 0.1) is 5.92 Å². The first-order valence-electron chi connectivity index (χ1n) is 5.43. The highest BCUT2D eigenvalue weighted by atomic mass is 32.1. The maximum atomic E-state index is 11.5. The van der Waals surface area contributed by atoms with Gasteiger partial charge in [-0.1, -0.05) is 6.07 Å². The minimum atomic E-state index is -0.797. The van der Waals surface area contributed by atoms with Gasteiger partial charge in [-0.05, 0) is 31.0 Å². The highest BCUT2D eigenvalue weighted by molar-refractivity contribution is 7.80. The molecule has 0 aromatic heterocycles. The first-order chi connectivity index (χ1) is 8.49. The number of ketones is 1. The van der Waals surface area contributed by atoms with Crippen LogP contribution in [-0.4, -0.2) is 26.0 Å². The number of esters is 1. The fraction of sp³-hybridized carbons (Fsp3) is 0.385. The average molecular weight is 268 g/mol. The molecule has 0 aliphatic rings. The molecule has 1 rings (SSSR count). The van der Waals surface area contributed by atoms with E-state index in [-0.39, 0.29) is 12.2 Å². The standard InChI is InChI=1S/C13H16O4S/c1-8(14)11(13(15)17-3)6-9-4-5-10(18)7-12(9)16-2/h4-5,7,11,18H,6H2,1-3H3. The van der Waals surface area contributed by atoms with Gasteiger partial charge in [0.2, 0.25) is 0 Å². The molecule has 4 nitrogen and oxygen atoms in total. The maximum absolute atomic E-state index is 11.5. The van der Waals surface area contributed by atoms with Crippen LogP contribution in [-0.2, 0) is 20.7 Å². The number of methoxy groups -OCH3 is 2. The van der Waals surface area contributed by atoms with Gasteiger partial charge in [0.15, 0.2) is 0 Å². The summed E-state index contributed by atoms with van der Waals surface area (Å²) in [6.45, 7) is 1.38. The van der Waals surface area contributed by atoms with Gasteiger partial charge in [0.05, 0.1) is 14.2 Å². The summed E-state index contributed by atoms with van der Waals surface area (Å²) in [5.74, 6) is -0.939. The van der Waals surface area contributed by atoms with Crippen LogP contribution in [0.1, 0.15) is 12.5 Å². The van der Waals surface area contributed by atoms with Crippen LogP contribution in [0.2, 0.25) is 0 Å². The SMILES string of the molecule is COC(=O)C(Cc1ccc(S)cc1OC)C(C)=O. The largest absolute Gasteiger partial charge is 0.496 e. The van der Waals surface area contributed by atoms with E-state index in [0.717, 1.165) is 10.5 Å². The molecule has 0 amide bonds. The van der Waals surface area contributed by atoms with Crippen molar-refractivity contribution >= 4 is 24.4 Å². The Bertz CT molecular complexity index is 456. The highest BCUT2D eigenvalue weighted by Crippen LogP contribution is 2.25. The van der Waals surface area contributed by atoms with Gasteiger partial charge in [-0.25, -0.2) is 0 Å². The van der Waals surface area contributed by atoms with Crippen LogP contribution in [0.4, 0.5) is 0 Å². The second-order valence-corrected chi connectivity index (χ2v) is 4.40. The topological polar surface area (TPSA) is 52.6 Å². The van der Waals surface area contributed by atoms with Crippen LogP contribution in [0.25, 0.3) is 0 Å². The van der Waals surface area contributed by atoms with Gasteiger partial charge < -0.3 is 9.47 Å². The van der Waals surface area contributed by atoms with Gasteiger partial charge in [0, 0.05) is 4.90 Å². The zero-order chi connectivity index (χ0) is 13.7. The fourth-order valence-electron chi connectivity index (χ4n) is 1.66. The molecule has 0 N–H and O–H groups in total. The molecule has 0 saturated heterocycles. The first-order valence-corrected chi connectivity index (χ1v) is 5.88. The predicted molar refractivity (Wildman–Crippen MR) is 70.1 cm³/mol. The van der Waals surface area contributed by atoms with Crippen LogP contribution < -0.4 is 4.74 Å². The molecule has 0 aliphatic heterocycles. The third-order valence-corrected chi connectivity index (χ3v) is 2.95. The van der Waals surface area contributed by atoms with Crippen molar-refractivity contribution < 1.29 is 19.1 Å². The molecule has 1 unspecified atom stereocenters. The Labute approximate surface area is 112 Å². The Morgan fingerprint density at radius 2 is 2.00 bits per heavy atom. The molecule has 0 spiro atoms. The van der Waals surface area contributed by atoms with E-state index in [1.807, 2.05) is 0 Å². The Kier molecular flexibility index (Phi) is 5.22. The monoisotopic (exact) mass is 268 g/mol. The van der Waals surface area contributed by atoms with Crippen LogP contribution in [0.3, 0.4) is 0 Å². The van der Waals surface area contributed by atoms with E-state index in [1.54, 1.807) is 18.2 Å². The Balaban J connectivity index is 3.00. The van der Waals surface area contributed by atoms with Crippen molar-refractivity contribution in [3.63, 3.8) is 0 Å². The molecule has 0 radical (unpaired) electrons. The van der Waals surface area contributed by atoms with E-state index >= 15 is 0 Å². The van der Waals surface area contributed by atoms with Crippen molar-refractivity contribution in [2.45, 2.75) is 18.2 Å². The summed E-state index contributed by atoms with van der Waals surface area (Å²) in [7, 11) is 2.80. The molecular weight excluding hydrogens is 252 g/mol. The summed E-state index contributed by atoms with van der Waals surface area (Å²) in [6.07, 6.45) is 0.263. The van der Waals surface area contributed by atoms with E-state index in [0.29, 0.717) is 5.75 Å². The van der Waals surface area contributed by atoms with Crippen molar-refractivity contribution in [3.05, 3.63) is 23.8 Å². The number of thiol groups is 1. The second kappa shape index (κ2) is 6.44. The minimum absolute atomic E-state index is 0.223. The molecule has 1 atom stereocenters. The zero-order valence-corrected chi connectivity index (χ0v) is 11.5. The lowest BCUT2D eigenvalue weighted by Crippen LogP contribution is -2.25. The third kappa shape index (κ3) is 3.50. The summed E-state index contributed by atoms with van der Waals surface area (Å²) >= 11 is 4.21. The first kappa shape index (κ1) is 14.6. The van der Waals surface area contributed by atoms with Gasteiger partial charge in [0.1, 0.15) is 17.5 Å². The summed E-state index contributed by atoms with van der Waals surface area (Å²) in [5.41, 5.74) is 0.779. The van der Waals surface area contributed by atoms with Gasteiger partial charge in [-0.2, -0.15) is 0 Å². The average Bonchev–Trinajstić information content (AvgIpc) is 2.35. The lowest BCUT2D eigenvalue weighted by molar-refractivity contribution is -0.148. The lowest BCUT2D eigenvalue weighted by Gasteiger charge is -2.14. The Morgan fingerprint density at radius 3 is 2.50 bits per heavy atom. The number of hydrogen-bond acceptors (Lipinski definition) is 5. The minimum Gasteiger partial charge on any atom is -0.496 e. The highest BCUT2D eigenvalue weighted by Gasteiger charge is 2.25. The molecule has 0 aliphatic carbocycles. The molecule has 5 heteroatoms. The van der Waals surface area contributed by atoms with Crippen molar-refractivity contribution in [1.82, 2.24) is 0 Å². The molecule has 98 valence electrons. The maximum Gasteiger partial charge on any atom is 0.316 e.